The minimum atomic E-state index is -3.39. The maximum Gasteiger partial charge on any atom is 0.214 e. The first-order valence-corrected chi connectivity index (χ1v) is 15.3. The van der Waals surface area contributed by atoms with Crippen molar-refractivity contribution in [1.29, 1.82) is 0 Å². The summed E-state index contributed by atoms with van der Waals surface area (Å²) in [4.78, 5) is 16.8. The van der Waals surface area contributed by atoms with Crippen molar-refractivity contribution < 1.29 is 22.0 Å². The molecule has 8 nitrogen and oxygen atoms in total. The Morgan fingerprint density at radius 1 is 1.18 bits per heavy atom. The van der Waals surface area contributed by atoms with Crippen LogP contribution in [0.25, 0.3) is 0 Å². The molecule has 0 atom stereocenters. The van der Waals surface area contributed by atoms with Gasteiger partial charge in [0.1, 0.15) is 22.3 Å². The molecule has 1 aliphatic heterocycles. The Hall–Kier alpha value is -3.09. The van der Waals surface area contributed by atoms with E-state index in [1.54, 1.807) is 0 Å². The van der Waals surface area contributed by atoms with Gasteiger partial charge >= 0.3 is 0 Å². The van der Waals surface area contributed by atoms with E-state index < -0.39 is 33.0 Å². The van der Waals surface area contributed by atoms with E-state index in [9.17, 15) is 22.0 Å². The SMILES string of the molecule is CCc1ccc(C)cc1NCCCS(=O)(=O)N1CCC(Nc2nc(N)c(C(=O)c3c(F)cccc3F)s2)CC1. The Morgan fingerprint density at radius 2 is 1.87 bits per heavy atom. The highest BCUT2D eigenvalue weighted by Crippen LogP contribution is 2.30. The van der Waals surface area contributed by atoms with Crippen LogP contribution >= 0.6 is 11.3 Å². The molecular formula is C27H33F2N5O3S2. The number of sulfonamides is 1. The van der Waals surface area contributed by atoms with E-state index in [0.717, 1.165) is 41.1 Å². The van der Waals surface area contributed by atoms with E-state index in [2.05, 4.69) is 40.7 Å². The van der Waals surface area contributed by atoms with Gasteiger partial charge in [-0.2, -0.15) is 0 Å². The molecule has 0 radical (unpaired) electrons. The smallest absolute Gasteiger partial charge is 0.214 e. The normalized spacial score (nSPS) is 14.9. The molecule has 4 rings (SSSR count). The van der Waals surface area contributed by atoms with Crippen LogP contribution in [0.15, 0.2) is 36.4 Å². The molecule has 0 saturated carbocycles. The van der Waals surface area contributed by atoms with Gasteiger partial charge in [0.05, 0.1) is 11.3 Å². The molecule has 210 valence electrons. The van der Waals surface area contributed by atoms with Crippen LogP contribution in [-0.4, -0.2) is 54.9 Å². The number of carbonyl (C=O) groups is 1. The number of benzene rings is 2. The molecule has 0 aliphatic carbocycles. The Balaban J connectivity index is 1.27. The fourth-order valence-corrected chi connectivity index (χ4v) is 7.05. The number of nitrogen functional groups attached to an aromatic ring is 1. The van der Waals surface area contributed by atoms with Crippen LogP contribution in [0.1, 0.15) is 52.5 Å². The van der Waals surface area contributed by atoms with Crippen LogP contribution < -0.4 is 16.4 Å². The van der Waals surface area contributed by atoms with E-state index in [1.807, 2.05) is 6.92 Å². The summed E-state index contributed by atoms with van der Waals surface area (Å²) in [6.45, 7) is 5.41. The molecule has 2 heterocycles. The molecule has 3 aromatic rings. The average molecular weight is 578 g/mol. The summed E-state index contributed by atoms with van der Waals surface area (Å²) in [5, 5.41) is 6.91. The van der Waals surface area contributed by atoms with Crippen molar-refractivity contribution in [2.45, 2.75) is 45.6 Å². The number of thiazole rings is 1. The monoisotopic (exact) mass is 577 g/mol. The molecule has 1 aliphatic rings. The van der Waals surface area contributed by atoms with Gasteiger partial charge in [0.15, 0.2) is 5.13 Å². The molecule has 1 aromatic heterocycles. The summed E-state index contributed by atoms with van der Waals surface area (Å²) in [5.74, 6) is -2.84. The van der Waals surface area contributed by atoms with E-state index in [1.165, 1.54) is 15.9 Å². The van der Waals surface area contributed by atoms with Crippen LogP contribution in [0.3, 0.4) is 0 Å². The second-order valence-corrected chi connectivity index (χ2v) is 12.7. The number of nitrogens with one attached hydrogen (secondary N) is 2. The number of anilines is 3. The lowest BCUT2D eigenvalue weighted by Gasteiger charge is -2.31. The first kappa shape index (κ1) is 28.9. The summed E-state index contributed by atoms with van der Waals surface area (Å²) in [6, 6.07) is 9.37. The van der Waals surface area contributed by atoms with Gasteiger partial charge < -0.3 is 16.4 Å². The number of halogens is 2. The van der Waals surface area contributed by atoms with Crippen LogP contribution in [-0.2, 0) is 16.4 Å². The lowest BCUT2D eigenvalue weighted by atomic mass is 10.1. The number of carbonyl (C=O) groups excluding carboxylic acids is 1. The number of ketones is 1. The molecule has 2 aromatic carbocycles. The predicted octanol–water partition coefficient (Wildman–Crippen LogP) is 4.81. The molecule has 1 saturated heterocycles. The van der Waals surface area contributed by atoms with Gasteiger partial charge in [-0.25, -0.2) is 26.5 Å². The molecular weight excluding hydrogens is 544 g/mol. The van der Waals surface area contributed by atoms with Gasteiger partial charge in [-0.3, -0.25) is 4.79 Å². The van der Waals surface area contributed by atoms with Crippen molar-refractivity contribution in [3.05, 3.63) is 69.6 Å². The number of hydrogen-bond acceptors (Lipinski definition) is 8. The largest absolute Gasteiger partial charge is 0.385 e. The lowest BCUT2D eigenvalue weighted by Crippen LogP contribution is -2.43. The Labute approximate surface area is 231 Å². The average Bonchev–Trinajstić information content (AvgIpc) is 3.26. The van der Waals surface area contributed by atoms with Crippen LogP contribution in [0.5, 0.6) is 0 Å². The predicted molar refractivity (Wildman–Crippen MR) is 152 cm³/mol. The van der Waals surface area contributed by atoms with Crippen molar-refractivity contribution >= 4 is 43.8 Å². The molecule has 0 spiro atoms. The number of nitrogens with two attached hydrogens (primary N) is 1. The second-order valence-electron chi connectivity index (χ2n) is 9.59. The standard InChI is InChI=1S/C27H33F2N5O3S2/c1-3-18-9-8-17(2)16-22(18)31-12-5-15-39(36,37)34-13-10-19(11-14-34)32-27-33-26(30)25(38-27)24(35)23-20(28)6-4-7-21(23)29/h4,6-9,16,19,31H,3,5,10-15,30H2,1-2H3,(H,32,33). The first-order valence-electron chi connectivity index (χ1n) is 12.9. The quantitative estimate of drug-likeness (QED) is 0.221. The maximum atomic E-state index is 14.1. The number of aryl methyl sites for hydroxylation is 2. The Morgan fingerprint density at radius 3 is 2.54 bits per heavy atom. The first-order chi connectivity index (χ1) is 18.6. The van der Waals surface area contributed by atoms with Crippen molar-refractivity contribution in [3.8, 4) is 0 Å². The van der Waals surface area contributed by atoms with Crippen molar-refractivity contribution in [1.82, 2.24) is 9.29 Å². The van der Waals surface area contributed by atoms with E-state index in [-0.39, 0.29) is 22.5 Å². The fraction of sp³-hybridized carbons (Fsp3) is 0.407. The molecule has 12 heteroatoms. The molecule has 0 unspecified atom stereocenters. The third kappa shape index (κ3) is 6.92. The summed E-state index contributed by atoms with van der Waals surface area (Å²) in [7, 11) is -3.39. The minimum Gasteiger partial charge on any atom is -0.385 e. The van der Waals surface area contributed by atoms with Crippen LogP contribution in [0.2, 0.25) is 0 Å². The van der Waals surface area contributed by atoms with Crippen LogP contribution in [0, 0.1) is 18.6 Å². The summed E-state index contributed by atoms with van der Waals surface area (Å²) < 4.78 is 55.4. The van der Waals surface area contributed by atoms with Crippen LogP contribution in [0.4, 0.5) is 25.4 Å². The maximum absolute atomic E-state index is 14.1. The molecule has 0 amide bonds. The van der Waals surface area contributed by atoms with Gasteiger partial charge in [-0.05, 0) is 61.9 Å². The van der Waals surface area contributed by atoms with Gasteiger partial charge in [-0.1, -0.05) is 36.5 Å². The second kappa shape index (κ2) is 12.4. The van der Waals surface area contributed by atoms with Crippen molar-refractivity contribution in [2.24, 2.45) is 0 Å². The van der Waals surface area contributed by atoms with E-state index in [0.29, 0.717) is 44.0 Å². The third-order valence-corrected chi connectivity index (χ3v) is 9.72. The third-order valence-electron chi connectivity index (χ3n) is 6.77. The van der Waals surface area contributed by atoms with Gasteiger partial charge in [-0.15, -0.1) is 0 Å². The van der Waals surface area contributed by atoms with Crippen molar-refractivity contribution in [3.63, 3.8) is 0 Å². The highest BCUT2D eigenvalue weighted by molar-refractivity contribution is 7.89. The Kier molecular flexibility index (Phi) is 9.19. The highest BCUT2D eigenvalue weighted by atomic mass is 32.2. The summed E-state index contributed by atoms with van der Waals surface area (Å²) >= 11 is 0.926. The summed E-state index contributed by atoms with van der Waals surface area (Å²) in [6.07, 6.45) is 2.49. The number of aromatic nitrogens is 1. The number of nitrogens with zero attached hydrogens (tertiary/aromatic N) is 2. The molecule has 0 bridgehead atoms. The molecule has 1 fully saturated rings. The van der Waals surface area contributed by atoms with Gasteiger partial charge in [0.25, 0.3) is 0 Å². The van der Waals surface area contributed by atoms with E-state index >= 15 is 0 Å². The molecule has 39 heavy (non-hydrogen) atoms. The number of rotatable bonds is 11. The number of piperidine rings is 1. The van der Waals surface area contributed by atoms with Gasteiger partial charge in [0.2, 0.25) is 15.8 Å². The zero-order chi connectivity index (χ0) is 28.2. The zero-order valence-electron chi connectivity index (χ0n) is 22.0. The Bertz CT molecular complexity index is 1420. The van der Waals surface area contributed by atoms with E-state index in [4.69, 9.17) is 5.73 Å². The number of hydrogen-bond donors (Lipinski definition) is 3. The van der Waals surface area contributed by atoms with Crippen molar-refractivity contribution in [2.75, 3.05) is 41.8 Å². The zero-order valence-corrected chi connectivity index (χ0v) is 23.6. The summed E-state index contributed by atoms with van der Waals surface area (Å²) in [5.41, 5.74) is 8.62. The highest BCUT2D eigenvalue weighted by Gasteiger charge is 2.29. The fourth-order valence-electron chi connectivity index (χ4n) is 4.61. The lowest BCUT2D eigenvalue weighted by molar-refractivity contribution is 0.103. The molecule has 4 N–H and O–H groups in total. The topological polar surface area (TPSA) is 117 Å². The van der Waals surface area contributed by atoms with Gasteiger partial charge in [0, 0.05) is 31.4 Å². The minimum absolute atomic E-state index is 0.0492.